The number of anilines is 1. The van der Waals surface area contributed by atoms with E-state index in [9.17, 15) is 4.79 Å². The molecule has 104 valence electrons. The van der Waals surface area contributed by atoms with Crippen molar-refractivity contribution in [1.82, 2.24) is 0 Å². The van der Waals surface area contributed by atoms with E-state index < -0.39 is 0 Å². The first kappa shape index (κ1) is 14.3. The summed E-state index contributed by atoms with van der Waals surface area (Å²) in [5.74, 6) is 0.0166. The molecule has 0 saturated carbocycles. The van der Waals surface area contributed by atoms with E-state index in [0.717, 1.165) is 28.8 Å². The zero-order valence-corrected chi connectivity index (χ0v) is 12.0. The van der Waals surface area contributed by atoms with E-state index >= 15 is 0 Å². The van der Waals surface area contributed by atoms with Crippen LogP contribution < -0.4 is 10.6 Å². The van der Waals surface area contributed by atoms with Gasteiger partial charge in [-0.05, 0) is 35.7 Å². The lowest BCUT2D eigenvalue weighted by atomic mass is 10.0. The molecule has 2 aromatic rings. The lowest BCUT2D eigenvalue weighted by molar-refractivity contribution is 0.0992. The van der Waals surface area contributed by atoms with Crippen LogP contribution in [0.4, 0.5) is 5.69 Å². The number of benzene rings is 2. The molecule has 0 aliphatic rings. The van der Waals surface area contributed by atoms with Crippen LogP contribution in [0.15, 0.2) is 48.5 Å². The van der Waals surface area contributed by atoms with E-state index in [2.05, 4.69) is 6.92 Å². The number of rotatable bonds is 4. The molecule has 2 N–H and O–H groups in total. The van der Waals surface area contributed by atoms with Crippen LogP contribution in [-0.4, -0.2) is 13.0 Å². The molecule has 1 amide bonds. The Morgan fingerprint density at radius 3 is 2.35 bits per heavy atom. The number of hydrogen-bond acceptors (Lipinski definition) is 2. The first-order valence-electron chi connectivity index (χ1n) is 6.82. The molecule has 0 bridgehead atoms. The van der Waals surface area contributed by atoms with Gasteiger partial charge in [-0.15, -0.1) is 0 Å². The van der Waals surface area contributed by atoms with Crippen LogP contribution in [0.25, 0.3) is 0 Å². The van der Waals surface area contributed by atoms with Crippen LogP contribution in [0, 0.1) is 0 Å². The zero-order chi connectivity index (χ0) is 14.5. The molecule has 3 heteroatoms. The topological polar surface area (TPSA) is 46.3 Å². The number of carbonyl (C=O) groups is 1. The van der Waals surface area contributed by atoms with Crippen molar-refractivity contribution in [3.63, 3.8) is 0 Å². The quantitative estimate of drug-likeness (QED) is 0.926. The second-order valence-electron chi connectivity index (χ2n) is 4.75. The SMILES string of the molecule is CCc1ccccc1C(=O)N(C)c1ccc(CN)cc1. The summed E-state index contributed by atoms with van der Waals surface area (Å²) < 4.78 is 0. The van der Waals surface area contributed by atoms with Gasteiger partial charge in [0.1, 0.15) is 0 Å². The fourth-order valence-corrected chi connectivity index (χ4v) is 2.19. The summed E-state index contributed by atoms with van der Waals surface area (Å²) in [6.45, 7) is 2.57. The predicted molar refractivity (Wildman–Crippen MR) is 82.9 cm³/mol. The number of nitrogens with zero attached hydrogens (tertiary/aromatic N) is 1. The Balaban J connectivity index is 2.27. The molecule has 0 spiro atoms. The standard InChI is InChI=1S/C17H20N2O/c1-3-14-6-4-5-7-16(14)17(20)19(2)15-10-8-13(12-18)9-11-15/h4-11H,3,12,18H2,1-2H3. The Labute approximate surface area is 120 Å². The Bertz CT molecular complexity index is 590. The fraction of sp³-hybridized carbons (Fsp3) is 0.235. The van der Waals surface area contributed by atoms with Crippen LogP contribution in [-0.2, 0) is 13.0 Å². The summed E-state index contributed by atoms with van der Waals surface area (Å²) in [4.78, 5) is 14.3. The van der Waals surface area contributed by atoms with Crippen LogP contribution >= 0.6 is 0 Å². The molecular formula is C17H20N2O. The minimum Gasteiger partial charge on any atom is -0.326 e. The van der Waals surface area contributed by atoms with Crippen LogP contribution in [0.2, 0.25) is 0 Å². The van der Waals surface area contributed by atoms with Gasteiger partial charge in [0.25, 0.3) is 5.91 Å². The van der Waals surface area contributed by atoms with Crippen LogP contribution in [0.5, 0.6) is 0 Å². The smallest absolute Gasteiger partial charge is 0.258 e. The molecule has 0 saturated heterocycles. The molecule has 20 heavy (non-hydrogen) atoms. The summed E-state index contributed by atoms with van der Waals surface area (Å²) >= 11 is 0. The van der Waals surface area contributed by atoms with E-state index in [4.69, 9.17) is 5.73 Å². The molecule has 2 aromatic carbocycles. The van der Waals surface area contributed by atoms with Crippen molar-refractivity contribution in [2.75, 3.05) is 11.9 Å². The maximum atomic E-state index is 12.6. The molecule has 0 heterocycles. The molecule has 0 aromatic heterocycles. The van der Waals surface area contributed by atoms with Gasteiger partial charge in [0, 0.05) is 24.8 Å². The third-order valence-electron chi connectivity index (χ3n) is 3.49. The Morgan fingerprint density at radius 1 is 1.10 bits per heavy atom. The minimum atomic E-state index is 0.0166. The van der Waals surface area contributed by atoms with E-state index in [0.29, 0.717) is 6.54 Å². The highest BCUT2D eigenvalue weighted by Crippen LogP contribution is 2.18. The summed E-state index contributed by atoms with van der Waals surface area (Å²) in [5, 5.41) is 0. The first-order chi connectivity index (χ1) is 9.67. The van der Waals surface area contributed by atoms with Gasteiger partial charge >= 0.3 is 0 Å². The predicted octanol–water partition coefficient (Wildman–Crippen LogP) is 2.98. The number of carbonyl (C=O) groups excluding carboxylic acids is 1. The molecule has 2 rings (SSSR count). The van der Waals surface area contributed by atoms with Gasteiger partial charge in [0.05, 0.1) is 0 Å². The molecule has 0 unspecified atom stereocenters. The van der Waals surface area contributed by atoms with Gasteiger partial charge in [-0.1, -0.05) is 37.3 Å². The molecule has 0 atom stereocenters. The molecular weight excluding hydrogens is 248 g/mol. The van der Waals surface area contributed by atoms with Crippen molar-refractivity contribution in [2.45, 2.75) is 19.9 Å². The van der Waals surface area contributed by atoms with E-state index in [-0.39, 0.29) is 5.91 Å². The highest BCUT2D eigenvalue weighted by molar-refractivity contribution is 6.06. The van der Waals surface area contributed by atoms with Crippen molar-refractivity contribution in [2.24, 2.45) is 5.73 Å². The molecule has 0 aliphatic heterocycles. The van der Waals surface area contributed by atoms with E-state index in [1.54, 1.807) is 11.9 Å². The third kappa shape index (κ3) is 2.89. The average Bonchev–Trinajstić information content (AvgIpc) is 2.53. The summed E-state index contributed by atoms with van der Waals surface area (Å²) in [5.41, 5.74) is 9.35. The van der Waals surface area contributed by atoms with E-state index in [1.807, 2.05) is 48.5 Å². The van der Waals surface area contributed by atoms with Gasteiger partial charge in [-0.25, -0.2) is 0 Å². The van der Waals surface area contributed by atoms with E-state index in [1.165, 1.54) is 0 Å². The monoisotopic (exact) mass is 268 g/mol. The Kier molecular flexibility index (Phi) is 4.53. The van der Waals surface area contributed by atoms with Gasteiger partial charge < -0.3 is 10.6 Å². The Hall–Kier alpha value is -2.13. The number of nitrogens with two attached hydrogens (primary N) is 1. The highest BCUT2D eigenvalue weighted by atomic mass is 16.2. The zero-order valence-electron chi connectivity index (χ0n) is 12.0. The van der Waals surface area contributed by atoms with Gasteiger partial charge in [0.2, 0.25) is 0 Å². The maximum Gasteiger partial charge on any atom is 0.258 e. The number of amides is 1. The maximum absolute atomic E-state index is 12.6. The average molecular weight is 268 g/mol. The lowest BCUT2D eigenvalue weighted by Gasteiger charge is -2.19. The second-order valence-corrected chi connectivity index (χ2v) is 4.75. The number of hydrogen-bond donors (Lipinski definition) is 1. The lowest BCUT2D eigenvalue weighted by Crippen LogP contribution is -2.27. The molecule has 3 nitrogen and oxygen atoms in total. The third-order valence-corrected chi connectivity index (χ3v) is 3.49. The van der Waals surface area contributed by atoms with Gasteiger partial charge in [-0.3, -0.25) is 4.79 Å². The van der Waals surface area contributed by atoms with Gasteiger partial charge in [-0.2, -0.15) is 0 Å². The molecule has 0 aliphatic carbocycles. The molecule has 0 radical (unpaired) electrons. The second kappa shape index (κ2) is 6.35. The summed E-state index contributed by atoms with van der Waals surface area (Å²) in [7, 11) is 1.80. The van der Waals surface area contributed by atoms with Crippen molar-refractivity contribution in [3.05, 3.63) is 65.2 Å². The van der Waals surface area contributed by atoms with Crippen molar-refractivity contribution in [3.8, 4) is 0 Å². The van der Waals surface area contributed by atoms with Crippen LogP contribution in [0.3, 0.4) is 0 Å². The van der Waals surface area contributed by atoms with Crippen molar-refractivity contribution in [1.29, 1.82) is 0 Å². The highest BCUT2D eigenvalue weighted by Gasteiger charge is 2.15. The summed E-state index contributed by atoms with van der Waals surface area (Å²) in [6.07, 6.45) is 0.849. The van der Waals surface area contributed by atoms with Crippen molar-refractivity contribution < 1.29 is 4.79 Å². The summed E-state index contributed by atoms with van der Waals surface area (Å²) in [6, 6.07) is 15.5. The van der Waals surface area contributed by atoms with Crippen molar-refractivity contribution >= 4 is 11.6 Å². The first-order valence-corrected chi connectivity index (χ1v) is 6.82. The van der Waals surface area contributed by atoms with Crippen LogP contribution in [0.1, 0.15) is 28.4 Å². The fourth-order valence-electron chi connectivity index (χ4n) is 2.19. The minimum absolute atomic E-state index is 0.0166. The van der Waals surface area contributed by atoms with Gasteiger partial charge in [0.15, 0.2) is 0 Å². The normalized spacial score (nSPS) is 10.3. The molecule has 0 fully saturated rings. The largest absolute Gasteiger partial charge is 0.326 e. The number of aryl methyl sites for hydroxylation is 1. The Morgan fingerprint density at radius 2 is 1.75 bits per heavy atom.